The first kappa shape index (κ1) is 12.3. The molecule has 1 heterocycles. The Labute approximate surface area is 115 Å². The van der Waals surface area contributed by atoms with Crippen molar-refractivity contribution in [1.82, 2.24) is 9.78 Å². The summed E-state index contributed by atoms with van der Waals surface area (Å²) in [4.78, 5) is 11.2. The zero-order valence-electron chi connectivity index (χ0n) is 10.5. The first-order chi connectivity index (χ1) is 9.78. The normalized spacial score (nSPS) is 10.4. The summed E-state index contributed by atoms with van der Waals surface area (Å²) in [5, 5.41) is 4.38. The van der Waals surface area contributed by atoms with Crippen LogP contribution in [0.2, 0.25) is 0 Å². The van der Waals surface area contributed by atoms with Crippen LogP contribution in [0.1, 0.15) is 10.4 Å². The third-order valence-electron chi connectivity index (χ3n) is 2.99. The monoisotopic (exact) mass is 266 g/mol. The Hall–Kier alpha value is -2.75. The molecule has 98 valence electrons. The molecule has 0 aliphatic heterocycles. The van der Waals surface area contributed by atoms with Gasteiger partial charge in [-0.15, -0.1) is 0 Å². The van der Waals surface area contributed by atoms with E-state index in [2.05, 4.69) is 5.10 Å². The molecule has 0 fully saturated rings. The van der Waals surface area contributed by atoms with Gasteiger partial charge in [0.05, 0.1) is 11.3 Å². The highest BCUT2D eigenvalue weighted by molar-refractivity contribution is 5.85. The number of carbonyl (C=O) groups excluding carboxylic acids is 1. The van der Waals surface area contributed by atoms with Crippen LogP contribution in [0.3, 0.4) is 0 Å². The molecule has 0 unspecified atom stereocenters. The SMILES string of the molecule is O=Cc1cn(-c2cccc(F)c2)nc1-c1ccccc1. The summed E-state index contributed by atoms with van der Waals surface area (Å²) in [6, 6.07) is 15.5. The van der Waals surface area contributed by atoms with Crippen molar-refractivity contribution in [3.63, 3.8) is 0 Å². The number of rotatable bonds is 3. The molecule has 0 amide bonds. The van der Waals surface area contributed by atoms with Gasteiger partial charge in [0.1, 0.15) is 11.5 Å². The van der Waals surface area contributed by atoms with Crippen LogP contribution in [0, 0.1) is 5.82 Å². The molecule has 0 bridgehead atoms. The number of hydrogen-bond acceptors (Lipinski definition) is 2. The van der Waals surface area contributed by atoms with Gasteiger partial charge in [-0.2, -0.15) is 5.10 Å². The van der Waals surface area contributed by atoms with Gasteiger partial charge in [-0.1, -0.05) is 36.4 Å². The van der Waals surface area contributed by atoms with Crippen molar-refractivity contribution >= 4 is 6.29 Å². The average molecular weight is 266 g/mol. The fourth-order valence-corrected chi connectivity index (χ4v) is 2.04. The van der Waals surface area contributed by atoms with E-state index in [4.69, 9.17) is 0 Å². The summed E-state index contributed by atoms with van der Waals surface area (Å²) in [5.41, 5.74) is 2.49. The van der Waals surface area contributed by atoms with E-state index in [0.717, 1.165) is 11.8 Å². The molecule has 2 aromatic carbocycles. The zero-order valence-corrected chi connectivity index (χ0v) is 10.5. The molecule has 1 aromatic heterocycles. The first-order valence-electron chi connectivity index (χ1n) is 6.14. The van der Waals surface area contributed by atoms with Crippen molar-refractivity contribution < 1.29 is 9.18 Å². The molecule has 3 nitrogen and oxygen atoms in total. The summed E-state index contributed by atoms with van der Waals surface area (Å²) in [6.45, 7) is 0. The summed E-state index contributed by atoms with van der Waals surface area (Å²) >= 11 is 0. The molecule has 3 rings (SSSR count). The second-order valence-corrected chi connectivity index (χ2v) is 4.34. The van der Waals surface area contributed by atoms with E-state index in [1.807, 2.05) is 30.3 Å². The first-order valence-corrected chi connectivity index (χ1v) is 6.14. The van der Waals surface area contributed by atoms with Crippen molar-refractivity contribution in [1.29, 1.82) is 0 Å². The topological polar surface area (TPSA) is 34.9 Å². The van der Waals surface area contributed by atoms with Gasteiger partial charge in [-0.25, -0.2) is 9.07 Å². The van der Waals surface area contributed by atoms with E-state index in [-0.39, 0.29) is 5.82 Å². The summed E-state index contributed by atoms with van der Waals surface area (Å²) in [5.74, 6) is -0.341. The highest BCUT2D eigenvalue weighted by Gasteiger charge is 2.11. The maximum absolute atomic E-state index is 13.3. The Kier molecular flexibility index (Phi) is 3.13. The number of hydrogen-bond donors (Lipinski definition) is 0. The Morgan fingerprint density at radius 2 is 1.85 bits per heavy atom. The van der Waals surface area contributed by atoms with Gasteiger partial charge in [0.25, 0.3) is 0 Å². The molecule has 3 aromatic rings. The fraction of sp³-hybridized carbons (Fsp3) is 0. The van der Waals surface area contributed by atoms with Crippen LogP contribution in [0.15, 0.2) is 60.8 Å². The van der Waals surface area contributed by atoms with Crippen molar-refractivity contribution in [2.45, 2.75) is 0 Å². The molecular weight excluding hydrogens is 255 g/mol. The lowest BCUT2D eigenvalue weighted by Gasteiger charge is -2.00. The van der Waals surface area contributed by atoms with E-state index in [1.165, 1.54) is 16.8 Å². The van der Waals surface area contributed by atoms with Crippen LogP contribution in [-0.4, -0.2) is 16.1 Å². The second-order valence-electron chi connectivity index (χ2n) is 4.34. The minimum absolute atomic E-state index is 0.341. The Balaban J connectivity index is 2.12. The standard InChI is InChI=1S/C16H11FN2O/c17-14-7-4-8-15(9-14)19-10-13(11-20)16(18-19)12-5-2-1-3-6-12/h1-11H. The quantitative estimate of drug-likeness (QED) is 0.680. The Morgan fingerprint density at radius 1 is 1.05 bits per heavy atom. The smallest absolute Gasteiger partial charge is 0.153 e. The molecule has 4 heteroatoms. The van der Waals surface area contributed by atoms with Gasteiger partial charge >= 0.3 is 0 Å². The molecule has 0 radical (unpaired) electrons. The predicted octanol–water partition coefficient (Wildman–Crippen LogP) is 3.49. The lowest BCUT2D eigenvalue weighted by molar-refractivity contribution is 0.112. The lowest BCUT2D eigenvalue weighted by atomic mass is 10.1. The van der Waals surface area contributed by atoms with Crippen LogP contribution in [0.4, 0.5) is 4.39 Å². The zero-order chi connectivity index (χ0) is 13.9. The molecule has 0 aliphatic rings. The van der Waals surface area contributed by atoms with Crippen molar-refractivity contribution in [3.05, 3.63) is 72.2 Å². The molecule has 0 atom stereocenters. The van der Waals surface area contributed by atoms with Crippen LogP contribution in [0.25, 0.3) is 16.9 Å². The molecular formula is C16H11FN2O. The van der Waals surface area contributed by atoms with Crippen LogP contribution in [-0.2, 0) is 0 Å². The van der Waals surface area contributed by atoms with E-state index in [1.54, 1.807) is 18.3 Å². The van der Waals surface area contributed by atoms with E-state index >= 15 is 0 Å². The summed E-state index contributed by atoms with van der Waals surface area (Å²) in [6.07, 6.45) is 2.36. The molecule has 0 saturated heterocycles. The molecule has 0 aliphatic carbocycles. The van der Waals surface area contributed by atoms with Crippen molar-refractivity contribution in [3.8, 4) is 16.9 Å². The fourth-order valence-electron chi connectivity index (χ4n) is 2.04. The lowest BCUT2D eigenvalue weighted by Crippen LogP contribution is -1.95. The number of carbonyl (C=O) groups is 1. The number of nitrogens with zero attached hydrogens (tertiary/aromatic N) is 2. The highest BCUT2D eigenvalue weighted by atomic mass is 19.1. The van der Waals surface area contributed by atoms with E-state index in [0.29, 0.717) is 16.9 Å². The van der Waals surface area contributed by atoms with Gasteiger partial charge in [0.15, 0.2) is 6.29 Å². The maximum atomic E-state index is 13.3. The summed E-state index contributed by atoms with van der Waals surface area (Å²) in [7, 11) is 0. The minimum atomic E-state index is -0.341. The third kappa shape index (κ3) is 2.23. The maximum Gasteiger partial charge on any atom is 0.153 e. The molecule has 0 N–H and O–H groups in total. The van der Waals surface area contributed by atoms with Gasteiger partial charge in [0, 0.05) is 11.8 Å². The largest absolute Gasteiger partial charge is 0.298 e. The summed E-state index contributed by atoms with van der Waals surface area (Å²) < 4.78 is 14.8. The highest BCUT2D eigenvalue weighted by Crippen LogP contribution is 2.22. The van der Waals surface area contributed by atoms with E-state index in [9.17, 15) is 9.18 Å². The van der Waals surface area contributed by atoms with Crippen LogP contribution in [0.5, 0.6) is 0 Å². The third-order valence-corrected chi connectivity index (χ3v) is 2.99. The minimum Gasteiger partial charge on any atom is -0.298 e. The van der Waals surface area contributed by atoms with Gasteiger partial charge < -0.3 is 0 Å². The van der Waals surface area contributed by atoms with Gasteiger partial charge in [0.2, 0.25) is 0 Å². The van der Waals surface area contributed by atoms with Gasteiger partial charge in [-0.05, 0) is 18.2 Å². The number of benzene rings is 2. The number of aldehydes is 1. The van der Waals surface area contributed by atoms with Crippen molar-refractivity contribution in [2.24, 2.45) is 0 Å². The van der Waals surface area contributed by atoms with Crippen LogP contribution < -0.4 is 0 Å². The molecule has 20 heavy (non-hydrogen) atoms. The van der Waals surface area contributed by atoms with E-state index < -0.39 is 0 Å². The number of halogens is 1. The average Bonchev–Trinajstić information content (AvgIpc) is 2.92. The van der Waals surface area contributed by atoms with Crippen molar-refractivity contribution in [2.75, 3.05) is 0 Å². The van der Waals surface area contributed by atoms with Gasteiger partial charge in [-0.3, -0.25) is 4.79 Å². The Bertz CT molecular complexity index is 750. The predicted molar refractivity (Wildman–Crippen MR) is 74.3 cm³/mol. The number of aromatic nitrogens is 2. The molecule has 0 spiro atoms. The Morgan fingerprint density at radius 3 is 2.55 bits per heavy atom. The second kappa shape index (κ2) is 5.09. The van der Waals surface area contributed by atoms with Crippen LogP contribution >= 0.6 is 0 Å². The molecule has 0 saturated carbocycles.